The van der Waals surface area contributed by atoms with Gasteiger partial charge in [0, 0.05) is 31.5 Å². The average Bonchev–Trinajstić information content (AvgIpc) is 3.27. The minimum atomic E-state index is 0.245. The highest BCUT2D eigenvalue weighted by Crippen LogP contribution is 2.33. The number of rotatable bonds is 7. The summed E-state index contributed by atoms with van der Waals surface area (Å²) in [5, 5.41) is 3.87. The van der Waals surface area contributed by atoms with Crippen LogP contribution in [0.2, 0.25) is 0 Å². The number of hydrogen-bond donors (Lipinski definition) is 1. The number of hydrogen-bond acceptors (Lipinski definition) is 6. The quantitative estimate of drug-likeness (QED) is 0.551. The van der Waals surface area contributed by atoms with Crippen molar-refractivity contribution in [1.29, 1.82) is 0 Å². The minimum absolute atomic E-state index is 0.245. The van der Waals surface area contributed by atoms with Gasteiger partial charge in [-0.05, 0) is 53.7 Å². The summed E-state index contributed by atoms with van der Waals surface area (Å²) in [7, 11) is 3.23. The number of nitrogens with zero attached hydrogens (tertiary/aromatic N) is 2. The van der Waals surface area contributed by atoms with E-state index in [2.05, 4.69) is 15.2 Å². The van der Waals surface area contributed by atoms with Crippen molar-refractivity contribution < 1.29 is 18.9 Å². The van der Waals surface area contributed by atoms with E-state index in [-0.39, 0.29) is 6.79 Å². The Balaban J connectivity index is 1.57. The maximum absolute atomic E-state index is 5.78. The van der Waals surface area contributed by atoms with Gasteiger partial charge in [-0.1, -0.05) is 12.1 Å². The Morgan fingerprint density at radius 3 is 2.65 bits per heavy atom. The molecule has 7 nitrogen and oxygen atoms in total. The number of pyridine rings is 1. The lowest BCUT2D eigenvalue weighted by atomic mass is 10.1. The van der Waals surface area contributed by atoms with Crippen molar-refractivity contribution in [3.63, 3.8) is 0 Å². The number of aromatic nitrogens is 1. The summed E-state index contributed by atoms with van der Waals surface area (Å²) < 4.78 is 21.7. The standard InChI is InChI=1S/C23H23N3O4S/c1-27-18-6-7-19(21(11-18)28-2)25-23(31)26(14-17-4-3-9-24-12-17)13-16-5-8-20-22(10-16)30-15-29-20/h3-12H,13-15H2,1-2H3,(H,25,31). The molecule has 31 heavy (non-hydrogen) atoms. The fourth-order valence-corrected chi connectivity index (χ4v) is 3.51. The molecule has 1 aliphatic heterocycles. The van der Waals surface area contributed by atoms with Gasteiger partial charge in [0.15, 0.2) is 16.6 Å². The molecule has 160 valence electrons. The molecule has 2 heterocycles. The van der Waals surface area contributed by atoms with Crippen molar-refractivity contribution in [2.75, 3.05) is 26.3 Å². The van der Waals surface area contributed by atoms with E-state index in [1.807, 2.05) is 54.7 Å². The zero-order valence-corrected chi connectivity index (χ0v) is 18.1. The second kappa shape index (κ2) is 9.53. The molecular weight excluding hydrogens is 414 g/mol. The summed E-state index contributed by atoms with van der Waals surface area (Å²) in [5.74, 6) is 2.85. The molecule has 1 aromatic heterocycles. The molecule has 0 atom stereocenters. The fraction of sp³-hybridized carbons (Fsp3) is 0.217. The molecule has 0 radical (unpaired) electrons. The first-order valence-electron chi connectivity index (χ1n) is 9.71. The Labute approximate surface area is 186 Å². The van der Waals surface area contributed by atoms with Crippen LogP contribution in [-0.4, -0.2) is 36.0 Å². The molecule has 2 aromatic carbocycles. The predicted molar refractivity (Wildman–Crippen MR) is 122 cm³/mol. The van der Waals surface area contributed by atoms with Crippen LogP contribution in [0.5, 0.6) is 23.0 Å². The highest BCUT2D eigenvalue weighted by atomic mass is 32.1. The molecule has 0 amide bonds. The smallest absolute Gasteiger partial charge is 0.231 e. The van der Waals surface area contributed by atoms with Crippen molar-refractivity contribution in [1.82, 2.24) is 9.88 Å². The monoisotopic (exact) mass is 437 g/mol. The predicted octanol–water partition coefficient (Wildman–Crippen LogP) is 4.23. The Kier molecular flexibility index (Phi) is 6.37. The van der Waals surface area contributed by atoms with E-state index in [0.717, 1.165) is 28.3 Å². The van der Waals surface area contributed by atoms with Crippen LogP contribution in [0, 0.1) is 0 Å². The lowest BCUT2D eigenvalue weighted by Gasteiger charge is -2.27. The van der Waals surface area contributed by atoms with Crippen LogP contribution in [0.3, 0.4) is 0 Å². The van der Waals surface area contributed by atoms with E-state index >= 15 is 0 Å². The Hall–Kier alpha value is -3.52. The van der Waals surface area contributed by atoms with Gasteiger partial charge >= 0.3 is 0 Å². The van der Waals surface area contributed by atoms with E-state index in [4.69, 9.17) is 31.2 Å². The molecule has 8 heteroatoms. The van der Waals surface area contributed by atoms with Crippen LogP contribution in [0.1, 0.15) is 11.1 Å². The van der Waals surface area contributed by atoms with Gasteiger partial charge in [0.2, 0.25) is 6.79 Å². The van der Waals surface area contributed by atoms with Gasteiger partial charge in [-0.3, -0.25) is 4.98 Å². The normalized spacial score (nSPS) is 11.7. The number of anilines is 1. The number of thiocarbonyl (C=S) groups is 1. The first kappa shape index (κ1) is 20.7. The fourth-order valence-electron chi connectivity index (χ4n) is 3.27. The highest BCUT2D eigenvalue weighted by molar-refractivity contribution is 7.80. The van der Waals surface area contributed by atoms with E-state index in [1.165, 1.54) is 0 Å². The molecule has 0 fully saturated rings. The van der Waals surface area contributed by atoms with Gasteiger partial charge in [0.1, 0.15) is 11.5 Å². The third-order valence-corrected chi connectivity index (χ3v) is 5.20. The lowest BCUT2D eigenvalue weighted by Crippen LogP contribution is -2.34. The number of methoxy groups -OCH3 is 2. The summed E-state index contributed by atoms with van der Waals surface area (Å²) in [4.78, 5) is 6.28. The molecule has 3 aromatic rings. The Morgan fingerprint density at radius 1 is 1.03 bits per heavy atom. The summed E-state index contributed by atoms with van der Waals surface area (Å²) >= 11 is 5.78. The molecule has 0 saturated heterocycles. The molecule has 0 unspecified atom stereocenters. The van der Waals surface area contributed by atoms with Crippen LogP contribution < -0.4 is 24.3 Å². The van der Waals surface area contributed by atoms with Crippen molar-refractivity contribution >= 4 is 23.0 Å². The Bertz CT molecular complexity index is 1060. The van der Waals surface area contributed by atoms with Gasteiger partial charge in [-0.15, -0.1) is 0 Å². The van der Waals surface area contributed by atoms with Crippen LogP contribution in [0.15, 0.2) is 60.9 Å². The SMILES string of the molecule is COc1ccc(NC(=S)N(Cc2cccnc2)Cc2ccc3c(c2)OCO3)c(OC)c1. The maximum Gasteiger partial charge on any atom is 0.231 e. The second-order valence-electron chi connectivity index (χ2n) is 6.90. The van der Waals surface area contributed by atoms with Crippen LogP contribution >= 0.6 is 12.2 Å². The number of ether oxygens (including phenoxy) is 4. The minimum Gasteiger partial charge on any atom is -0.497 e. The molecule has 1 aliphatic rings. The summed E-state index contributed by atoms with van der Waals surface area (Å²) in [6.45, 7) is 1.41. The molecular formula is C23H23N3O4S. The number of benzene rings is 2. The number of nitrogens with one attached hydrogen (secondary N) is 1. The summed E-state index contributed by atoms with van der Waals surface area (Å²) in [6.07, 6.45) is 3.59. The largest absolute Gasteiger partial charge is 0.497 e. The maximum atomic E-state index is 5.78. The van der Waals surface area contributed by atoms with Crippen molar-refractivity contribution in [2.45, 2.75) is 13.1 Å². The molecule has 1 N–H and O–H groups in total. The van der Waals surface area contributed by atoms with E-state index in [9.17, 15) is 0 Å². The van der Waals surface area contributed by atoms with E-state index < -0.39 is 0 Å². The lowest BCUT2D eigenvalue weighted by molar-refractivity contribution is 0.174. The zero-order valence-electron chi connectivity index (χ0n) is 17.3. The molecule has 0 aliphatic carbocycles. The van der Waals surface area contributed by atoms with Gasteiger partial charge in [-0.25, -0.2) is 0 Å². The molecule has 0 bridgehead atoms. The van der Waals surface area contributed by atoms with Gasteiger partial charge in [0.05, 0.1) is 19.9 Å². The third kappa shape index (κ3) is 4.97. The molecule has 4 rings (SSSR count). The average molecular weight is 438 g/mol. The molecule has 0 saturated carbocycles. The molecule has 0 spiro atoms. The second-order valence-corrected chi connectivity index (χ2v) is 7.29. The van der Waals surface area contributed by atoms with Gasteiger partial charge in [-0.2, -0.15) is 0 Å². The zero-order chi connectivity index (χ0) is 21.6. The first-order valence-corrected chi connectivity index (χ1v) is 10.1. The van der Waals surface area contributed by atoms with Crippen molar-refractivity contribution in [3.8, 4) is 23.0 Å². The van der Waals surface area contributed by atoms with E-state index in [0.29, 0.717) is 29.7 Å². The highest BCUT2D eigenvalue weighted by Gasteiger charge is 2.17. The van der Waals surface area contributed by atoms with Crippen molar-refractivity contribution in [3.05, 3.63) is 72.1 Å². The summed E-state index contributed by atoms with van der Waals surface area (Å²) in [5.41, 5.74) is 2.86. The van der Waals surface area contributed by atoms with Crippen LogP contribution in [0.4, 0.5) is 5.69 Å². The number of fused-ring (bicyclic) bond motifs is 1. The van der Waals surface area contributed by atoms with Crippen LogP contribution in [0.25, 0.3) is 0 Å². The Morgan fingerprint density at radius 2 is 1.87 bits per heavy atom. The topological polar surface area (TPSA) is 65.1 Å². The van der Waals surface area contributed by atoms with Crippen molar-refractivity contribution in [2.24, 2.45) is 0 Å². The third-order valence-electron chi connectivity index (χ3n) is 4.84. The van der Waals surface area contributed by atoms with Gasteiger partial charge in [0.25, 0.3) is 0 Å². The van der Waals surface area contributed by atoms with E-state index in [1.54, 1.807) is 20.4 Å². The van der Waals surface area contributed by atoms with Gasteiger partial charge < -0.3 is 29.2 Å². The summed E-state index contributed by atoms with van der Waals surface area (Å²) in [6, 6.07) is 15.4. The van der Waals surface area contributed by atoms with Crippen LogP contribution in [-0.2, 0) is 13.1 Å². The first-order chi connectivity index (χ1) is 15.2.